The van der Waals surface area contributed by atoms with Crippen molar-refractivity contribution >= 4 is 21.6 Å². The lowest BCUT2D eigenvalue weighted by Crippen LogP contribution is -2.33. The summed E-state index contributed by atoms with van der Waals surface area (Å²) in [5.74, 6) is 0.441. The number of sulfonamides is 1. The molecular formula is C27H32N2O4S. The summed E-state index contributed by atoms with van der Waals surface area (Å²) in [5.41, 5.74) is 4.82. The van der Waals surface area contributed by atoms with Gasteiger partial charge in [-0.05, 0) is 49.1 Å². The number of nitrogens with zero attached hydrogens (tertiary/aromatic N) is 1. The van der Waals surface area contributed by atoms with Gasteiger partial charge in [0.2, 0.25) is 15.9 Å². The van der Waals surface area contributed by atoms with Crippen molar-refractivity contribution in [1.82, 2.24) is 5.32 Å². The van der Waals surface area contributed by atoms with E-state index in [1.807, 2.05) is 50.2 Å². The predicted molar refractivity (Wildman–Crippen MR) is 137 cm³/mol. The molecule has 0 aliphatic rings. The molecule has 0 unspecified atom stereocenters. The molecular weight excluding hydrogens is 448 g/mol. The average Bonchev–Trinajstić information content (AvgIpc) is 2.80. The second kappa shape index (κ2) is 11.2. The number of carbonyl (C=O) groups is 1. The Bertz CT molecular complexity index is 1230. The normalized spacial score (nSPS) is 12.1. The summed E-state index contributed by atoms with van der Waals surface area (Å²) >= 11 is 0. The fourth-order valence-electron chi connectivity index (χ4n) is 4.00. The molecule has 0 heterocycles. The Morgan fingerprint density at radius 3 is 2.38 bits per heavy atom. The number of aryl methyl sites for hydroxylation is 2. The first-order valence-electron chi connectivity index (χ1n) is 11.2. The van der Waals surface area contributed by atoms with Crippen LogP contribution in [0, 0.1) is 13.8 Å². The lowest BCUT2D eigenvalue weighted by atomic mass is 9.93. The topological polar surface area (TPSA) is 75.7 Å². The molecule has 6 nitrogen and oxygen atoms in total. The van der Waals surface area contributed by atoms with Crippen molar-refractivity contribution in [2.24, 2.45) is 0 Å². The van der Waals surface area contributed by atoms with Crippen LogP contribution < -0.4 is 14.4 Å². The minimum absolute atomic E-state index is 0.132. The van der Waals surface area contributed by atoms with Gasteiger partial charge in [-0.2, -0.15) is 0 Å². The fourth-order valence-corrected chi connectivity index (χ4v) is 4.96. The summed E-state index contributed by atoms with van der Waals surface area (Å²) in [4.78, 5) is 12.9. The first-order valence-corrected chi connectivity index (χ1v) is 13.1. The maximum absolute atomic E-state index is 12.9. The van der Waals surface area contributed by atoms with Gasteiger partial charge < -0.3 is 10.1 Å². The second-order valence-electron chi connectivity index (χ2n) is 8.41. The van der Waals surface area contributed by atoms with E-state index < -0.39 is 10.0 Å². The van der Waals surface area contributed by atoms with Crippen LogP contribution in [0.25, 0.3) is 0 Å². The van der Waals surface area contributed by atoms with Crippen molar-refractivity contribution in [3.63, 3.8) is 0 Å². The van der Waals surface area contributed by atoms with E-state index in [4.69, 9.17) is 4.74 Å². The largest absolute Gasteiger partial charge is 0.497 e. The zero-order chi connectivity index (χ0) is 24.7. The number of hydrogen-bond donors (Lipinski definition) is 1. The zero-order valence-corrected chi connectivity index (χ0v) is 20.9. The molecule has 1 atom stereocenters. The molecule has 180 valence electrons. The van der Waals surface area contributed by atoms with Gasteiger partial charge in [0, 0.05) is 19.0 Å². The van der Waals surface area contributed by atoms with Gasteiger partial charge in [-0.3, -0.25) is 9.10 Å². The molecule has 0 bridgehead atoms. The van der Waals surface area contributed by atoms with Crippen LogP contribution in [-0.4, -0.2) is 34.2 Å². The molecule has 3 aromatic carbocycles. The fraction of sp³-hybridized carbons (Fsp3) is 0.296. The van der Waals surface area contributed by atoms with Gasteiger partial charge in [0.15, 0.2) is 0 Å². The third kappa shape index (κ3) is 6.60. The van der Waals surface area contributed by atoms with E-state index in [1.54, 1.807) is 24.3 Å². The standard InChI is InChI=1S/C27H32N2O4S/c1-20-15-16-25(21(2)18-20)27(22-10-6-5-7-11-22)28-26(30)14-9-17-29(34(4,31)32)23-12-8-13-24(19-23)33-3/h5-8,10-13,15-16,18-19,27H,9,14,17H2,1-4H3,(H,28,30)/t27-/m0/s1. The maximum atomic E-state index is 12.9. The number of ether oxygens (including phenoxy) is 1. The molecule has 0 saturated carbocycles. The summed E-state index contributed by atoms with van der Waals surface area (Å²) in [5, 5.41) is 3.15. The lowest BCUT2D eigenvalue weighted by Gasteiger charge is -2.24. The number of anilines is 1. The molecule has 0 spiro atoms. The van der Waals surface area contributed by atoms with E-state index >= 15 is 0 Å². The SMILES string of the molecule is COc1cccc(N(CCCC(=O)N[C@@H](c2ccccc2)c2ccc(C)cc2C)S(C)(=O)=O)c1. The van der Waals surface area contributed by atoms with Crippen LogP contribution in [0.4, 0.5) is 5.69 Å². The third-order valence-corrected chi connectivity index (χ3v) is 6.88. The van der Waals surface area contributed by atoms with Gasteiger partial charge in [-0.1, -0.05) is 60.2 Å². The van der Waals surface area contributed by atoms with Gasteiger partial charge in [-0.25, -0.2) is 8.42 Å². The van der Waals surface area contributed by atoms with Crippen LogP contribution in [0.3, 0.4) is 0 Å². The van der Waals surface area contributed by atoms with Gasteiger partial charge in [-0.15, -0.1) is 0 Å². The summed E-state index contributed by atoms with van der Waals surface area (Å²) in [6, 6.07) is 22.7. The van der Waals surface area contributed by atoms with Crippen LogP contribution in [0.2, 0.25) is 0 Å². The number of amides is 1. The number of carbonyl (C=O) groups excluding carboxylic acids is 1. The molecule has 3 aromatic rings. The highest BCUT2D eigenvalue weighted by Crippen LogP contribution is 2.26. The van der Waals surface area contributed by atoms with Crippen LogP contribution in [0.15, 0.2) is 72.8 Å². The first kappa shape index (κ1) is 25.3. The Balaban J connectivity index is 1.73. The Hall–Kier alpha value is -3.32. The smallest absolute Gasteiger partial charge is 0.232 e. The molecule has 7 heteroatoms. The molecule has 1 N–H and O–H groups in total. The van der Waals surface area contributed by atoms with E-state index in [1.165, 1.54) is 11.4 Å². The van der Waals surface area contributed by atoms with E-state index in [0.29, 0.717) is 17.9 Å². The number of rotatable bonds is 10. The molecule has 0 fully saturated rings. The van der Waals surface area contributed by atoms with Crippen LogP contribution in [0.5, 0.6) is 5.75 Å². The Kier molecular flexibility index (Phi) is 8.34. The molecule has 0 saturated heterocycles. The Morgan fingerprint density at radius 2 is 1.74 bits per heavy atom. The van der Waals surface area contributed by atoms with Crippen LogP contribution in [-0.2, 0) is 14.8 Å². The Labute approximate surface area is 202 Å². The highest BCUT2D eigenvalue weighted by atomic mass is 32.2. The van der Waals surface area contributed by atoms with E-state index in [0.717, 1.165) is 28.5 Å². The summed E-state index contributed by atoms with van der Waals surface area (Å²) in [6.45, 7) is 4.28. The number of methoxy groups -OCH3 is 1. The number of nitrogens with one attached hydrogen (secondary N) is 1. The van der Waals surface area contributed by atoms with Crippen molar-refractivity contribution in [2.45, 2.75) is 32.7 Å². The summed E-state index contributed by atoms with van der Waals surface area (Å²) in [7, 11) is -1.98. The van der Waals surface area contributed by atoms with Crippen LogP contribution >= 0.6 is 0 Å². The zero-order valence-electron chi connectivity index (χ0n) is 20.1. The predicted octanol–water partition coefficient (Wildman–Crippen LogP) is 4.76. The highest BCUT2D eigenvalue weighted by molar-refractivity contribution is 7.92. The molecule has 0 radical (unpaired) electrons. The molecule has 0 aliphatic carbocycles. The highest BCUT2D eigenvalue weighted by Gasteiger charge is 2.21. The number of hydrogen-bond acceptors (Lipinski definition) is 4. The third-order valence-electron chi connectivity index (χ3n) is 5.68. The molecule has 3 rings (SSSR count). The maximum Gasteiger partial charge on any atom is 0.232 e. The van der Waals surface area contributed by atoms with Crippen LogP contribution in [0.1, 0.15) is 41.1 Å². The van der Waals surface area contributed by atoms with E-state index in [9.17, 15) is 13.2 Å². The second-order valence-corrected chi connectivity index (χ2v) is 10.3. The summed E-state index contributed by atoms with van der Waals surface area (Å²) < 4.78 is 31.3. The first-order chi connectivity index (χ1) is 16.2. The Morgan fingerprint density at radius 1 is 1.00 bits per heavy atom. The van der Waals surface area contributed by atoms with E-state index in [2.05, 4.69) is 17.4 Å². The number of benzene rings is 3. The minimum atomic E-state index is -3.51. The van der Waals surface area contributed by atoms with Crippen molar-refractivity contribution in [1.29, 1.82) is 0 Å². The minimum Gasteiger partial charge on any atom is -0.497 e. The van der Waals surface area contributed by atoms with Gasteiger partial charge in [0.25, 0.3) is 0 Å². The van der Waals surface area contributed by atoms with Gasteiger partial charge >= 0.3 is 0 Å². The van der Waals surface area contributed by atoms with Crippen molar-refractivity contribution in [2.75, 3.05) is 24.2 Å². The van der Waals surface area contributed by atoms with Gasteiger partial charge in [0.05, 0.1) is 25.1 Å². The molecule has 0 aliphatic heterocycles. The monoisotopic (exact) mass is 480 g/mol. The average molecular weight is 481 g/mol. The lowest BCUT2D eigenvalue weighted by molar-refractivity contribution is -0.121. The van der Waals surface area contributed by atoms with Crippen molar-refractivity contribution in [3.8, 4) is 5.75 Å². The van der Waals surface area contributed by atoms with Crippen molar-refractivity contribution in [3.05, 3.63) is 95.1 Å². The molecule has 1 amide bonds. The molecule has 0 aromatic heterocycles. The summed E-state index contributed by atoms with van der Waals surface area (Å²) in [6.07, 6.45) is 1.74. The van der Waals surface area contributed by atoms with Crippen molar-refractivity contribution < 1.29 is 17.9 Å². The van der Waals surface area contributed by atoms with E-state index in [-0.39, 0.29) is 24.9 Å². The quantitative estimate of drug-likeness (QED) is 0.454. The molecule has 34 heavy (non-hydrogen) atoms. The van der Waals surface area contributed by atoms with Gasteiger partial charge in [0.1, 0.15) is 5.75 Å².